The number of ether oxygens (including phenoxy) is 1. The van der Waals surface area contributed by atoms with Gasteiger partial charge in [0.15, 0.2) is 0 Å². The number of nitrogens with zero attached hydrogens (tertiary/aromatic N) is 2. The largest absolute Gasteiger partial charge is 0.570 e. The average molecular weight is 1050 g/mol. The van der Waals surface area contributed by atoms with Crippen molar-refractivity contribution in [1.82, 2.24) is 9.62 Å². The van der Waals surface area contributed by atoms with Crippen molar-refractivity contribution >= 4 is 68.7 Å². The highest BCUT2D eigenvalue weighted by atomic mass is 35.5. The number of carbonyl (C=O) groups excluding carboxylic acids is 1. The summed E-state index contributed by atoms with van der Waals surface area (Å²) in [6.07, 6.45) is 0.747. The minimum absolute atomic E-state index is 0.0873. The molecule has 0 radical (unpaired) electrons. The standard InChI is InChI=1S/C47H51ClF3N4O10PS3/c1-63-66(57,58)65-45(42-10-6-5-9-41(42)33-11-15-36(48)16-12-33)34-21-25-55(26-22-34)38-17-13-35(14-18-38)46(56)53-69(61,62)40-19-20-43(44(31-40)68(59,60)47(49,50)51)52-37(23-24-54-27-29-64-30-28-54)32-67-39-7-3-2-4-8-39/h2-20,31,34,37,45,52,57-58H,21-30,32H2,1H3/p+1/t37-,45-/m1/s1. The summed E-state index contributed by atoms with van der Waals surface area (Å²) in [4.78, 5) is 37.5. The molecule has 2 fully saturated rings. The number of sulfonamides is 1. The first-order chi connectivity index (χ1) is 32.8. The molecule has 2 aliphatic heterocycles. The second-order valence-electron chi connectivity index (χ2n) is 16.4. The van der Waals surface area contributed by atoms with Crippen molar-refractivity contribution in [2.75, 3.05) is 69.0 Å². The molecule has 69 heavy (non-hydrogen) atoms. The van der Waals surface area contributed by atoms with Gasteiger partial charge in [0.05, 0.1) is 30.9 Å². The molecule has 0 spiro atoms. The molecule has 0 saturated carbocycles. The van der Waals surface area contributed by atoms with Gasteiger partial charge in [0, 0.05) is 65.7 Å². The van der Waals surface area contributed by atoms with Gasteiger partial charge in [0.25, 0.3) is 25.8 Å². The zero-order chi connectivity index (χ0) is 49.4. The summed E-state index contributed by atoms with van der Waals surface area (Å²) in [5, 5.41) is 3.54. The van der Waals surface area contributed by atoms with Gasteiger partial charge in [0.1, 0.15) is 11.0 Å². The summed E-state index contributed by atoms with van der Waals surface area (Å²) in [7, 11) is -14.0. The maximum Gasteiger partial charge on any atom is 0.570 e. The number of morpholine rings is 1. The number of hydrogen-bond donors (Lipinski definition) is 4. The highest BCUT2D eigenvalue weighted by Crippen LogP contribution is 2.58. The minimum atomic E-state index is -6.10. The fourth-order valence-electron chi connectivity index (χ4n) is 8.18. The number of amides is 1. The van der Waals surface area contributed by atoms with Crippen LogP contribution in [0.25, 0.3) is 11.1 Å². The van der Waals surface area contributed by atoms with Crippen molar-refractivity contribution in [1.29, 1.82) is 0 Å². The number of nitrogens with one attached hydrogen (secondary N) is 2. The van der Waals surface area contributed by atoms with Crippen molar-refractivity contribution in [2.45, 2.75) is 51.6 Å². The van der Waals surface area contributed by atoms with Crippen LogP contribution in [0.3, 0.4) is 0 Å². The molecule has 0 unspecified atom stereocenters. The number of benzene rings is 5. The molecule has 0 bridgehead atoms. The summed E-state index contributed by atoms with van der Waals surface area (Å²) < 4.78 is 114. The molecule has 1 amide bonds. The van der Waals surface area contributed by atoms with E-state index in [1.54, 1.807) is 24.3 Å². The number of piperidine rings is 1. The molecule has 5 aromatic carbocycles. The maximum atomic E-state index is 14.2. The van der Waals surface area contributed by atoms with E-state index in [1.165, 1.54) is 23.9 Å². The smallest absolute Gasteiger partial charge is 0.380 e. The Bertz CT molecular complexity index is 2750. The highest BCUT2D eigenvalue weighted by Gasteiger charge is 2.49. The van der Waals surface area contributed by atoms with E-state index in [1.807, 2.05) is 76.4 Å². The second kappa shape index (κ2) is 22.8. The Labute approximate surface area is 409 Å². The molecule has 7 rings (SSSR count). The quantitative estimate of drug-likeness (QED) is 0.0454. The van der Waals surface area contributed by atoms with E-state index in [0.29, 0.717) is 87.7 Å². The second-order valence-corrected chi connectivity index (χ2v) is 23.1. The summed E-state index contributed by atoms with van der Waals surface area (Å²) in [6, 6.07) is 31.9. The lowest BCUT2D eigenvalue weighted by molar-refractivity contribution is -0.0436. The Morgan fingerprint density at radius 2 is 1.54 bits per heavy atom. The van der Waals surface area contributed by atoms with E-state index in [9.17, 15) is 44.6 Å². The maximum absolute atomic E-state index is 14.2. The van der Waals surface area contributed by atoms with Gasteiger partial charge in [-0.25, -0.2) is 21.6 Å². The summed E-state index contributed by atoms with van der Waals surface area (Å²) >= 11 is 7.58. The Kier molecular flexibility index (Phi) is 17.4. The molecular weight excluding hydrogens is 1000 g/mol. The van der Waals surface area contributed by atoms with Crippen molar-refractivity contribution in [2.24, 2.45) is 5.92 Å². The molecule has 2 aliphatic rings. The highest BCUT2D eigenvalue weighted by molar-refractivity contribution is 7.99. The van der Waals surface area contributed by atoms with E-state index in [2.05, 4.69) is 10.2 Å². The summed E-state index contributed by atoms with van der Waals surface area (Å²) in [5.74, 6) is -0.938. The van der Waals surface area contributed by atoms with Gasteiger partial charge in [0.2, 0.25) is 0 Å². The van der Waals surface area contributed by atoms with Crippen LogP contribution in [0.1, 0.15) is 41.3 Å². The number of carbonyl (C=O) groups is 1. The first kappa shape index (κ1) is 52.5. The Hall–Kier alpha value is -4.31. The zero-order valence-corrected chi connectivity index (χ0v) is 41.4. The van der Waals surface area contributed by atoms with Crippen molar-refractivity contribution < 1.29 is 58.4 Å². The van der Waals surface area contributed by atoms with E-state index in [-0.39, 0.29) is 11.5 Å². The van der Waals surface area contributed by atoms with Crippen LogP contribution in [-0.2, 0) is 33.6 Å². The lowest BCUT2D eigenvalue weighted by atomic mass is 9.84. The Morgan fingerprint density at radius 3 is 2.19 bits per heavy atom. The van der Waals surface area contributed by atoms with Crippen LogP contribution in [-0.4, -0.2) is 108 Å². The van der Waals surface area contributed by atoms with Gasteiger partial charge in [-0.15, -0.1) is 16.3 Å². The van der Waals surface area contributed by atoms with Gasteiger partial charge in [-0.2, -0.15) is 27.5 Å². The minimum Gasteiger partial charge on any atom is -0.380 e. The van der Waals surface area contributed by atoms with Crippen LogP contribution in [0.4, 0.5) is 24.5 Å². The molecule has 2 heterocycles. The van der Waals surface area contributed by atoms with Crippen LogP contribution < -0.4 is 14.9 Å². The molecular formula is C47H52ClF3N4O10PS3+. The van der Waals surface area contributed by atoms with E-state index >= 15 is 0 Å². The SMILES string of the molecule is CO[P+](O)(O)O[C@@H](c1ccccc1-c1ccc(Cl)cc1)C1CCN(c2ccc(C(=O)NS(=O)(=O)c3ccc(N[C@H](CCN4CCOCC4)CSc4ccccc4)c(S(=O)(=O)C(F)(F)F)c3)cc2)CC1. The van der Waals surface area contributed by atoms with E-state index < -0.39 is 67.1 Å². The predicted molar refractivity (Wildman–Crippen MR) is 261 cm³/mol. The number of alkyl halides is 3. The van der Waals surface area contributed by atoms with Crippen LogP contribution in [0.5, 0.6) is 0 Å². The lowest BCUT2D eigenvalue weighted by Gasteiger charge is -2.37. The molecule has 22 heteroatoms. The van der Waals surface area contributed by atoms with Gasteiger partial charge in [-0.05, 0) is 109 Å². The summed E-state index contributed by atoms with van der Waals surface area (Å²) in [6.45, 7) is 3.91. The number of anilines is 2. The van der Waals surface area contributed by atoms with Crippen molar-refractivity contribution in [3.8, 4) is 11.1 Å². The van der Waals surface area contributed by atoms with Crippen LogP contribution in [0.2, 0.25) is 5.02 Å². The number of rotatable bonds is 19. The normalized spacial score (nSPS) is 16.5. The molecule has 370 valence electrons. The topological polar surface area (TPSA) is 184 Å². The Morgan fingerprint density at radius 1 is 0.884 bits per heavy atom. The lowest BCUT2D eigenvalue weighted by Crippen LogP contribution is -2.39. The van der Waals surface area contributed by atoms with E-state index in [4.69, 9.17) is 25.4 Å². The number of hydrogen-bond acceptors (Lipinski definition) is 14. The molecule has 2 atom stereocenters. The summed E-state index contributed by atoms with van der Waals surface area (Å²) in [5.41, 5.74) is -3.19. The predicted octanol–water partition coefficient (Wildman–Crippen LogP) is 9.00. The average Bonchev–Trinajstić information content (AvgIpc) is 3.34. The van der Waals surface area contributed by atoms with Crippen molar-refractivity contribution in [3.63, 3.8) is 0 Å². The molecule has 0 aliphatic carbocycles. The molecule has 0 aromatic heterocycles. The number of halogens is 4. The molecule has 2 saturated heterocycles. The van der Waals surface area contributed by atoms with Gasteiger partial charge in [-0.1, -0.05) is 66.2 Å². The fraction of sp³-hybridized carbons (Fsp3) is 0.340. The third-order valence-electron chi connectivity index (χ3n) is 11.9. The first-order valence-corrected chi connectivity index (χ1v) is 27.7. The third-order valence-corrected chi connectivity index (χ3v) is 17.2. The van der Waals surface area contributed by atoms with Crippen LogP contribution >= 0.6 is 31.5 Å². The number of thioether (sulfide) groups is 1. The van der Waals surface area contributed by atoms with Gasteiger partial charge >= 0.3 is 13.7 Å². The Balaban J connectivity index is 1.05. The molecule has 5 aromatic rings. The van der Waals surface area contributed by atoms with Gasteiger partial charge < -0.3 is 15.0 Å². The first-order valence-electron chi connectivity index (χ1n) is 21.9. The van der Waals surface area contributed by atoms with Crippen LogP contribution in [0.15, 0.2) is 136 Å². The van der Waals surface area contributed by atoms with Crippen LogP contribution in [0, 0.1) is 5.92 Å². The zero-order valence-electron chi connectivity index (χ0n) is 37.3. The third kappa shape index (κ3) is 13.6. The van der Waals surface area contributed by atoms with Gasteiger partial charge in [-0.3, -0.25) is 9.69 Å². The monoisotopic (exact) mass is 1050 g/mol. The molecule has 14 nitrogen and oxygen atoms in total. The number of sulfone groups is 1. The van der Waals surface area contributed by atoms with Crippen molar-refractivity contribution in [3.05, 3.63) is 137 Å². The van der Waals surface area contributed by atoms with E-state index in [0.717, 1.165) is 40.8 Å². The molecule has 4 N–H and O–H groups in total. The fourth-order valence-corrected chi connectivity index (χ4v) is 12.0.